The van der Waals surface area contributed by atoms with Gasteiger partial charge in [0.15, 0.2) is 0 Å². The molecular formula is C18H28N2O2S. The van der Waals surface area contributed by atoms with Crippen molar-refractivity contribution in [2.45, 2.75) is 45.1 Å². The van der Waals surface area contributed by atoms with Crippen LogP contribution in [-0.4, -0.2) is 44.7 Å². The third-order valence-electron chi connectivity index (χ3n) is 5.56. The maximum Gasteiger partial charge on any atom is 0.211 e. The molecule has 1 aromatic carbocycles. The Labute approximate surface area is 140 Å². The van der Waals surface area contributed by atoms with Gasteiger partial charge in [-0.3, -0.25) is 0 Å². The number of likely N-dealkylation sites (tertiary alicyclic amines) is 1. The molecule has 0 unspecified atom stereocenters. The van der Waals surface area contributed by atoms with E-state index in [1.807, 2.05) is 0 Å². The van der Waals surface area contributed by atoms with E-state index < -0.39 is 10.0 Å². The molecule has 5 heteroatoms. The minimum absolute atomic E-state index is 0.177. The number of hydrogen-bond donors (Lipinski definition) is 1. The molecule has 0 amide bonds. The number of hydrogen-bond acceptors (Lipinski definition) is 3. The van der Waals surface area contributed by atoms with E-state index in [0.29, 0.717) is 5.41 Å². The summed E-state index contributed by atoms with van der Waals surface area (Å²) in [7, 11) is -3.05. The second kappa shape index (κ2) is 6.91. The van der Waals surface area contributed by atoms with Crippen LogP contribution in [0.5, 0.6) is 0 Å². The van der Waals surface area contributed by atoms with Gasteiger partial charge in [-0.15, -0.1) is 0 Å². The number of benzene rings is 1. The second-order valence-electron chi connectivity index (χ2n) is 7.20. The van der Waals surface area contributed by atoms with Gasteiger partial charge >= 0.3 is 0 Å². The summed E-state index contributed by atoms with van der Waals surface area (Å²) in [6, 6.07) is 10.8. The van der Waals surface area contributed by atoms with Crippen LogP contribution in [-0.2, 0) is 16.4 Å². The molecule has 4 nitrogen and oxygen atoms in total. The van der Waals surface area contributed by atoms with Crippen LogP contribution in [0, 0.1) is 5.41 Å². The first kappa shape index (κ1) is 16.9. The minimum atomic E-state index is -3.05. The summed E-state index contributed by atoms with van der Waals surface area (Å²) in [5, 5.41) is 0. The molecule has 2 aliphatic rings. The van der Waals surface area contributed by atoms with Crippen LogP contribution in [0.1, 0.15) is 38.2 Å². The predicted octanol–water partition coefficient (Wildman–Crippen LogP) is 2.41. The second-order valence-corrected chi connectivity index (χ2v) is 9.25. The normalized spacial score (nSPS) is 22.1. The third-order valence-corrected chi connectivity index (χ3v) is 7.01. The van der Waals surface area contributed by atoms with Gasteiger partial charge in [0.25, 0.3) is 0 Å². The molecule has 1 saturated heterocycles. The smallest absolute Gasteiger partial charge is 0.211 e. The number of nitrogens with one attached hydrogen (secondary N) is 1. The SMILES string of the molecule is CCS(=O)(=O)NC1CC2(CCN(CCc3ccccc3)CC2)C1. The van der Waals surface area contributed by atoms with E-state index >= 15 is 0 Å². The van der Waals surface area contributed by atoms with Gasteiger partial charge < -0.3 is 4.90 Å². The van der Waals surface area contributed by atoms with Crippen LogP contribution in [0.2, 0.25) is 0 Å². The molecule has 0 atom stereocenters. The van der Waals surface area contributed by atoms with Crippen molar-refractivity contribution in [3.8, 4) is 0 Å². The fraction of sp³-hybridized carbons (Fsp3) is 0.667. The fourth-order valence-corrected chi connectivity index (χ4v) is 4.84. The molecule has 3 rings (SSSR count). The van der Waals surface area contributed by atoms with Crippen molar-refractivity contribution in [3.05, 3.63) is 35.9 Å². The Morgan fingerprint density at radius 3 is 2.43 bits per heavy atom. The zero-order valence-electron chi connectivity index (χ0n) is 14.0. The summed E-state index contributed by atoms with van der Waals surface area (Å²) in [6.45, 7) is 5.13. The van der Waals surface area contributed by atoms with Crippen LogP contribution in [0.25, 0.3) is 0 Å². The number of sulfonamides is 1. The van der Waals surface area contributed by atoms with Gasteiger partial charge in [-0.2, -0.15) is 0 Å². The van der Waals surface area contributed by atoms with Gasteiger partial charge in [0.2, 0.25) is 10.0 Å². The average Bonchev–Trinajstić information content (AvgIpc) is 2.53. The number of piperidine rings is 1. The van der Waals surface area contributed by atoms with Crippen molar-refractivity contribution >= 4 is 10.0 Å². The van der Waals surface area contributed by atoms with Gasteiger partial charge in [0, 0.05) is 12.6 Å². The molecule has 1 spiro atoms. The highest BCUT2D eigenvalue weighted by molar-refractivity contribution is 7.89. The Kier molecular flexibility index (Phi) is 5.09. The van der Waals surface area contributed by atoms with Gasteiger partial charge in [0.05, 0.1) is 5.75 Å². The molecule has 1 aromatic rings. The highest BCUT2D eigenvalue weighted by Gasteiger charge is 2.46. The van der Waals surface area contributed by atoms with E-state index in [2.05, 4.69) is 40.0 Å². The summed E-state index contributed by atoms with van der Waals surface area (Å²) in [4.78, 5) is 2.56. The first-order valence-electron chi connectivity index (χ1n) is 8.77. The Morgan fingerprint density at radius 1 is 1.17 bits per heavy atom. The Hall–Kier alpha value is -0.910. The predicted molar refractivity (Wildman–Crippen MR) is 93.9 cm³/mol. The Balaban J connectivity index is 1.40. The number of nitrogens with zero attached hydrogens (tertiary/aromatic N) is 1. The molecule has 1 aliphatic heterocycles. The lowest BCUT2D eigenvalue weighted by molar-refractivity contribution is 0.0135. The van der Waals surface area contributed by atoms with Crippen molar-refractivity contribution < 1.29 is 8.42 Å². The monoisotopic (exact) mass is 336 g/mol. The van der Waals surface area contributed by atoms with Crippen molar-refractivity contribution in [1.29, 1.82) is 0 Å². The lowest BCUT2D eigenvalue weighted by Gasteiger charge is -2.52. The fourth-order valence-electron chi connectivity index (χ4n) is 4.00. The van der Waals surface area contributed by atoms with Crippen molar-refractivity contribution in [1.82, 2.24) is 9.62 Å². The molecule has 2 fully saturated rings. The molecule has 23 heavy (non-hydrogen) atoms. The molecule has 1 heterocycles. The summed E-state index contributed by atoms with van der Waals surface area (Å²) in [6.07, 6.45) is 5.60. The van der Waals surface area contributed by atoms with Crippen LogP contribution in [0.3, 0.4) is 0 Å². The standard InChI is InChI=1S/C18H28N2O2S/c1-2-23(21,22)19-17-14-18(15-17)9-12-20(13-10-18)11-8-16-6-4-3-5-7-16/h3-7,17,19H,2,8-15H2,1H3. The highest BCUT2D eigenvalue weighted by atomic mass is 32.2. The number of rotatable bonds is 6. The van der Waals surface area contributed by atoms with Gasteiger partial charge in [0.1, 0.15) is 0 Å². The molecule has 128 valence electrons. The lowest BCUT2D eigenvalue weighted by atomic mass is 9.60. The van der Waals surface area contributed by atoms with E-state index in [-0.39, 0.29) is 11.8 Å². The maximum atomic E-state index is 11.6. The topological polar surface area (TPSA) is 49.4 Å². The van der Waals surface area contributed by atoms with Gasteiger partial charge in [-0.05, 0) is 63.1 Å². The summed E-state index contributed by atoms with van der Waals surface area (Å²) in [5.74, 6) is 0.184. The highest BCUT2D eigenvalue weighted by Crippen LogP contribution is 2.49. The first-order valence-corrected chi connectivity index (χ1v) is 10.4. The molecule has 0 bridgehead atoms. The molecule has 0 radical (unpaired) electrons. The van der Waals surface area contributed by atoms with E-state index in [4.69, 9.17) is 0 Å². The molecule has 1 aliphatic carbocycles. The maximum absolute atomic E-state index is 11.6. The Bertz CT molecular complexity index is 599. The molecule has 1 N–H and O–H groups in total. The summed E-state index contributed by atoms with van der Waals surface area (Å²) < 4.78 is 26.1. The van der Waals surface area contributed by atoms with Gasteiger partial charge in [-0.25, -0.2) is 13.1 Å². The van der Waals surface area contributed by atoms with E-state index in [0.717, 1.165) is 38.9 Å². The molecule has 1 saturated carbocycles. The van der Waals surface area contributed by atoms with Crippen molar-refractivity contribution in [2.24, 2.45) is 5.41 Å². The van der Waals surface area contributed by atoms with E-state index in [9.17, 15) is 8.42 Å². The van der Waals surface area contributed by atoms with Crippen LogP contribution in [0.15, 0.2) is 30.3 Å². The van der Waals surface area contributed by atoms with Crippen LogP contribution in [0.4, 0.5) is 0 Å². The van der Waals surface area contributed by atoms with Crippen molar-refractivity contribution in [3.63, 3.8) is 0 Å². The average molecular weight is 337 g/mol. The Morgan fingerprint density at radius 2 is 1.83 bits per heavy atom. The minimum Gasteiger partial charge on any atom is -0.303 e. The zero-order valence-corrected chi connectivity index (χ0v) is 14.8. The first-order chi connectivity index (χ1) is 11.0. The van der Waals surface area contributed by atoms with Crippen molar-refractivity contribution in [2.75, 3.05) is 25.4 Å². The van der Waals surface area contributed by atoms with E-state index in [1.165, 1.54) is 18.4 Å². The third kappa shape index (κ3) is 4.34. The van der Waals surface area contributed by atoms with Crippen LogP contribution >= 0.6 is 0 Å². The largest absolute Gasteiger partial charge is 0.303 e. The summed E-state index contributed by atoms with van der Waals surface area (Å²) >= 11 is 0. The van der Waals surface area contributed by atoms with Crippen LogP contribution < -0.4 is 4.72 Å². The quantitative estimate of drug-likeness (QED) is 0.868. The summed E-state index contributed by atoms with van der Waals surface area (Å²) in [5.41, 5.74) is 1.81. The van der Waals surface area contributed by atoms with E-state index in [1.54, 1.807) is 6.92 Å². The zero-order chi connectivity index (χ0) is 16.3. The molecule has 0 aromatic heterocycles. The van der Waals surface area contributed by atoms with Gasteiger partial charge in [-0.1, -0.05) is 30.3 Å². The lowest BCUT2D eigenvalue weighted by Crippen LogP contribution is -2.55. The molecular weight excluding hydrogens is 308 g/mol.